The van der Waals surface area contributed by atoms with Crippen LogP contribution in [0.1, 0.15) is 18.4 Å². The van der Waals surface area contributed by atoms with Crippen molar-refractivity contribution in [2.24, 2.45) is 0 Å². The highest BCUT2D eigenvalue weighted by Crippen LogP contribution is 2.35. The van der Waals surface area contributed by atoms with Gasteiger partial charge < -0.3 is 19.3 Å². The molecule has 8 rings (SSSR count). The topological polar surface area (TPSA) is 55.1 Å². The zero-order valence-corrected chi connectivity index (χ0v) is 13.8. The molecule has 6 aliphatic rings. The average Bonchev–Trinajstić information content (AvgIpc) is 2.94. The molecule has 0 aliphatic carbocycles. The highest BCUT2D eigenvalue weighted by Gasteiger charge is 2.41. The Morgan fingerprint density at radius 2 is 1.54 bits per heavy atom. The summed E-state index contributed by atoms with van der Waals surface area (Å²) in [6.45, 7) is 5.86. The van der Waals surface area contributed by atoms with E-state index in [0.717, 1.165) is 49.0 Å². The van der Waals surface area contributed by atoms with E-state index in [2.05, 4.69) is 27.9 Å². The molecule has 0 aromatic carbocycles. The molecular formula is C17H21N5O2. The second-order valence-corrected chi connectivity index (χ2v) is 7.58. The van der Waals surface area contributed by atoms with Crippen molar-refractivity contribution in [1.82, 2.24) is 14.6 Å². The Hall–Kier alpha value is -1.86. The van der Waals surface area contributed by atoms with Crippen LogP contribution in [0.5, 0.6) is 0 Å². The van der Waals surface area contributed by atoms with Crippen LogP contribution in [0, 0.1) is 6.92 Å². The first-order valence-corrected chi connectivity index (χ1v) is 8.89. The summed E-state index contributed by atoms with van der Waals surface area (Å²) in [5.41, 5.74) is 2.08. The van der Waals surface area contributed by atoms with E-state index in [0.29, 0.717) is 24.4 Å². The molecule has 2 aromatic heterocycles. The third kappa shape index (κ3) is 1.85. The molecule has 6 saturated heterocycles. The predicted octanol–water partition coefficient (Wildman–Crippen LogP) is 0.993. The zero-order valence-electron chi connectivity index (χ0n) is 13.8. The number of aromatic nitrogens is 3. The van der Waals surface area contributed by atoms with E-state index in [1.807, 2.05) is 10.7 Å². The van der Waals surface area contributed by atoms with Crippen molar-refractivity contribution in [3.8, 4) is 0 Å². The van der Waals surface area contributed by atoms with Gasteiger partial charge in [0.2, 0.25) is 0 Å². The highest BCUT2D eigenvalue weighted by molar-refractivity contribution is 5.62. The summed E-state index contributed by atoms with van der Waals surface area (Å²) in [7, 11) is 0. The van der Waals surface area contributed by atoms with Crippen molar-refractivity contribution in [2.75, 3.05) is 36.0 Å². The molecule has 0 spiro atoms. The number of ether oxygens (including phenoxy) is 2. The largest absolute Gasteiger partial charge is 0.371 e. The fraction of sp³-hybridized carbons (Fsp3) is 0.647. The maximum atomic E-state index is 5.80. The van der Waals surface area contributed by atoms with Crippen molar-refractivity contribution < 1.29 is 9.47 Å². The van der Waals surface area contributed by atoms with Crippen LogP contribution in [-0.4, -0.2) is 65.2 Å². The third-order valence-corrected chi connectivity index (χ3v) is 5.78. The number of aryl methyl sites for hydroxylation is 1. The summed E-state index contributed by atoms with van der Waals surface area (Å²) >= 11 is 0. The van der Waals surface area contributed by atoms with Gasteiger partial charge in [-0.1, -0.05) is 0 Å². The molecule has 4 unspecified atom stereocenters. The van der Waals surface area contributed by atoms with Gasteiger partial charge in [-0.25, -0.2) is 4.98 Å². The quantitative estimate of drug-likeness (QED) is 0.820. The van der Waals surface area contributed by atoms with Crippen LogP contribution in [0.25, 0.3) is 5.65 Å². The Morgan fingerprint density at radius 1 is 0.958 bits per heavy atom. The Morgan fingerprint density at radius 3 is 2.17 bits per heavy atom. The second kappa shape index (κ2) is 4.61. The van der Waals surface area contributed by atoms with Crippen molar-refractivity contribution in [3.05, 3.63) is 17.8 Å². The summed E-state index contributed by atoms with van der Waals surface area (Å²) in [5.74, 6) is 2.19. The Kier molecular flexibility index (Phi) is 2.58. The molecule has 24 heavy (non-hydrogen) atoms. The van der Waals surface area contributed by atoms with E-state index in [-0.39, 0.29) is 0 Å². The SMILES string of the molecule is Cc1cnn2c(N3CC4CC(C3)O4)cc(N3CC4CC(C3)O4)nc12. The molecule has 6 aliphatic heterocycles. The molecule has 2 aromatic rings. The number of hydrogen-bond acceptors (Lipinski definition) is 6. The van der Waals surface area contributed by atoms with Crippen LogP contribution in [0.2, 0.25) is 0 Å². The molecule has 8 heterocycles. The first-order chi connectivity index (χ1) is 11.7. The number of hydrogen-bond donors (Lipinski definition) is 0. The summed E-state index contributed by atoms with van der Waals surface area (Å²) in [5, 5.41) is 4.57. The molecule has 7 heteroatoms. The zero-order chi connectivity index (χ0) is 15.8. The first kappa shape index (κ1) is 13.4. The smallest absolute Gasteiger partial charge is 0.162 e. The Bertz CT molecular complexity index is 789. The van der Waals surface area contributed by atoms with E-state index >= 15 is 0 Å². The lowest BCUT2D eigenvalue weighted by atomic mass is 9.98. The lowest BCUT2D eigenvalue weighted by Gasteiger charge is -2.48. The number of rotatable bonds is 2. The summed E-state index contributed by atoms with van der Waals surface area (Å²) in [6.07, 6.45) is 5.83. The summed E-state index contributed by atoms with van der Waals surface area (Å²) < 4.78 is 13.6. The van der Waals surface area contributed by atoms with Crippen molar-refractivity contribution in [1.29, 1.82) is 0 Å². The summed E-state index contributed by atoms with van der Waals surface area (Å²) in [6, 6.07) is 2.20. The van der Waals surface area contributed by atoms with E-state index < -0.39 is 0 Å². The van der Waals surface area contributed by atoms with Crippen LogP contribution in [0.15, 0.2) is 12.3 Å². The van der Waals surface area contributed by atoms with Gasteiger partial charge in [-0.15, -0.1) is 0 Å². The highest BCUT2D eigenvalue weighted by atomic mass is 16.5. The second-order valence-electron chi connectivity index (χ2n) is 7.58. The van der Waals surface area contributed by atoms with Crippen molar-refractivity contribution in [3.63, 3.8) is 0 Å². The van der Waals surface area contributed by atoms with Gasteiger partial charge in [0.05, 0.1) is 30.6 Å². The van der Waals surface area contributed by atoms with E-state index in [9.17, 15) is 0 Å². The minimum atomic E-state index is 0.378. The maximum Gasteiger partial charge on any atom is 0.162 e. The molecular weight excluding hydrogens is 306 g/mol. The van der Waals surface area contributed by atoms with Crippen LogP contribution < -0.4 is 9.80 Å². The van der Waals surface area contributed by atoms with Crippen LogP contribution in [0.4, 0.5) is 11.6 Å². The number of fused-ring (bicyclic) bond motifs is 5. The Balaban J connectivity index is 1.43. The van der Waals surface area contributed by atoms with Gasteiger partial charge in [0.1, 0.15) is 11.6 Å². The molecule has 126 valence electrons. The normalized spacial score (nSPS) is 34.2. The lowest BCUT2D eigenvalue weighted by molar-refractivity contribution is -0.133. The van der Waals surface area contributed by atoms with Gasteiger partial charge in [0.25, 0.3) is 0 Å². The van der Waals surface area contributed by atoms with Gasteiger partial charge in [0, 0.05) is 50.7 Å². The van der Waals surface area contributed by atoms with Gasteiger partial charge in [0.15, 0.2) is 5.65 Å². The molecule has 0 amide bonds. The molecule has 4 atom stereocenters. The van der Waals surface area contributed by atoms with Gasteiger partial charge in [-0.2, -0.15) is 9.61 Å². The van der Waals surface area contributed by atoms with Crippen LogP contribution in [-0.2, 0) is 9.47 Å². The van der Waals surface area contributed by atoms with Gasteiger partial charge in [-0.05, 0) is 6.92 Å². The van der Waals surface area contributed by atoms with E-state index in [1.165, 1.54) is 12.8 Å². The monoisotopic (exact) mass is 327 g/mol. The number of nitrogens with zero attached hydrogens (tertiary/aromatic N) is 5. The minimum Gasteiger partial charge on any atom is -0.371 e. The number of anilines is 2. The maximum absolute atomic E-state index is 5.80. The fourth-order valence-electron chi connectivity index (χ4n) is 4.52. The molecule has 0 saturated carbocycles. The fourth-order valence-corrected chi connectivity index (χ4v) is 4.52. The molecule has 0 N–H and O–H groups in total. The molecule has 4 bridgehead atoms. The number of morpholine rings is 2. The van der Waals surface area contributed by atoms with Crippen LogP contribution >= 0.6 is 0 Å². The first-order valence-electron chi connectivity index (χ1n) is 8.89. The minimum absolute atomic E-state index is 0.378. The van der Waals surface area contributed by atoms with Gasteiger partial charge in [-0.3, -0.25) is 0 Å². The standard InChI is InChI=1S/C17H21N5O2/c1-10-5-18-22-16(21-8-13-3-14(9-21)24-13)4-15(19-17(10)22)20-6-11-2-12(7-20)23-11/h4-5,11-14H,2-3,6-9H2,1H3. The van der Waals surface area contributed by atoms with Crippen molar-refractivity contribution in [2.45, 2.75) is 44.2 Å². The Labute approximate surface area is 140 Å². The van der Waals surface area contributed by atoms with Gasteiger partial charge >= 0.3 is 0 Å². The molecule has 7 nitrogen and oxygen atoms in total. The van der Waals surface area contributed by atoms with E-state index in [4.69, 9.17) is 14.5 Å². The average molecular weight is 327 g/mol. The van der Waals surface area contributed by atoms with E-state index in [1.54, 1.807) is 0 Å². The third-order valence-electron chi connectivity index (χ3n) is 5.78. The summed E-state index contributed by atoms with van der Waals surface area (Å²) in [4.78, 5) is 9.70. The van der Waals surface area contributed by atoms with Crippen LogP contribution in [0.3, 0.4) is 0 Å². The lowest BCUT2D eigenvalue weighted by Crippen LogP contribution is -2.58. The number of piperidine rings is 2. The van der Waals surface area contributed by atoms with Crippen molar-refractivity contribution >= 4 is 17.3 Å². The predicted molar refractivity (Wildman–Crippen MR) is 88.7 cm³/mol. The molecule has 0 radical (unpaired) electrons. The molecule has 6 fully saturated rings.